The summed E-state index contributed by atoms with van der Waals surface area (Å²) in [5.74, 6) is -0.938. The van der Waals surface area contributed by atoms with Crippen molar-refractivity contribution in [3.8, 4) is 0 Å². The number of hydrogen-bond donors (Lipinski definition) is 3. The smallest absolute Gasteiger partial charge is 0.319 e. The lowest BCUT2D eigenvalue weighted by molar-refractivity contribution is -0.137. The molecule has 0 aliphatic heterocycles. The lowest BCUT2D eigenvalue weighted by atomic mass is 9.87. The van der Waals surface area contributed by atoms with Crippen LogP contribution in [-0.4, -0.2) is 23.1 Å². The van der Waals surface area contributed by atoms with Crippen molar-refractivity contribution in [3.63, 3.8) is 0 Å². The van der Waals surface area contributed by atoms with Gasteiger partial charge >= 0.3 is 12.0 Å². The number of amides is 2. The van der Waals surface area contributed by atoms with Crippen LogP contribution in [0.5, 0.6) is 0 Å². The first kappa shape index (κ1) is 16.0. The Hall–Kier alpha value is -2.04. The molecule has 0 unspecified atom stereocenters. The normalized spacial score (nSPS) is 12.6. The second-order valence-corrected chi connectivity index (χ2v) is 5.92. The minimum Gasteiger partial charge on any atom is -0.481 e. The molecule has 0 aliphatic rings. The van der Waals surface area contributed by atoms with Crippen LogP contribution in [-0.2, 0) is 10.2 Å². The van der Waals surface area contributed by atoms with Gasteiger partial charge in [0.05, 0.1) is 6.42 Å². The maximum Gasteiger partial charge on any atom is 0.319 e. The van der Waals surface area contributed by atoms with Gasteiger partial charge in [-0.3, -0.25) is 4.79 Å². The minimum absolute atomic E-state index is 0.0663. The third-order valence-corrected chi connectivity index (χ3v) is 2.87. The van der Waals surface area contributed by atoms with Crippen LogP contribution >= 0.6 is 0 Å². The molecule has 1 aromatic rings. The predicted octanol–water partition coefficient (Wildman–Crippen LogP) is 2.97. The van der Waals surface area contributed by atoms with Gasteiger partial charge in [-0.05, 0) is 30.0 Å². The van der Waals surface area contributed by atoms with Crippen LogP contribution in [0.15, 0.2) is 24.3 Å². The van der Waals surface area contributed by atoms with Gasteiger partial charge in [-0.1, -0.05) is 32.9 Å². The first-order chi connectivity index (χ1) is 9.18. The average Bonchev–Trinajstić information content (AvgIpc) is 2.26. The molecule has 20 heavy (non-hydrogen) atoms. The van der Waals surface area contributed by atoms with Gasteiger partial charge in [0.25, 0.3) is 0 Å². The number of carboxylic acid groups (broad SMARTS) is 1. The fourth-order valence-corrected chi connectivity index (χ4v) is 1.76. The number of urea groups is 1. The van der Waals surface area contributed by atoms with Crippen molar-refractivity contribution in [2.45, 2.75) is 45.6 Å². The quantitative estimate of drug-likeness (QED) is 0.792. The van der Waals surface area contributed by atoms with Crippen LogP contribution in [0.4, 0.5) is 10.5 Å². The van der Waals surface area contributed by atoms with Gasteiger partial charge in [0.15, 0.2) is 0 Å². The summed E-state index contributed by atoms with van der Waals surface area (Å²) < 4.78 is 0. The molecule has 0 heterocycles. The number of carbonyl (C=O) groups is 2. The highest BCUT2D eigenvalue weighted by molar-refractivity contribution is 5.89. The summed E-state index contributed by atoms with van der Waals surface area (Å²) in [5.41, 5.74) is 1.93. The topological polar surface area (TPSA) is 78.4 Å². The van der Waals surface area contributed by atoms with Gasteiger partial charge in [-0.2, -0.15) is 0 Å². The monoisotopic (exact) mass is 278 g/mol. The Labute approximate surface area is 119 Å². The highest BCUT2D eigenvalue weighted by atomic mass is 16.4. The number of aliphatic carboxylic acids is 1. The summed E-state index contributed by atoms with van der Waals surface area (Å²) in [4.78, 5) is 22.2. The number of hydrogen-bond acceptors (Lipinski definition) is 2. The van der Waals surface area contributed by atoms with E-state index >= 15 is 0 Å². The summed E-state index contributed by atoms with van der Waals surface area (Å²) >= 11 is 0. The molecule has 0 bridgehead atoms. The second-order valence-electron chi connectivity index (χ2n) is 5.92. The zero-order chi connectivity index (χ0) is 15.3. The Bertz CT molecular complexity index is 475. The van der Waals surface area contributed by atoms with E-state index < -0.39 is 18.0 Å². The van der Waals surface area contributed by atoms with E-state index in [0.717, 1.165) is 0 Å². The number of benzene rings is 1. The van der Waals surface area contributed by atoms with Gasteiger partial charge in [-0.15, -0.1) is 0 Å². The molecule has 0 saturated heterocycles. The SMILES string of the molecule is C[C@@H](CC(=O)O)NC(=O)Nc1ccc(C(C)(C)C)cc1. The van der Waals surface area contributed by atoms with Crippen molar-refractivity contribution in [1.29, 1.82) is 0 Å². The molecular weight excluding hydrogens is 256 g/mol. The Kier molecular flexibility index (Phi) is 5.13. The van der Waals surface area contributed by atoms with Crippen LogP contribution in [0.25, 0.3) is 0 Å². The standard InChI is InChI=1S/C15H22N2O3/c1-10(9-13(18)19)16-14(20)17-12-7-5-11(6-8-12)15(2,3)4/h5-8,10H,9H2,1-4H3,(H,18,19)(H2,16,17,20)/t10-/m0/s1. The summed E-state index contributed by atoms with van der Waals surface area (Å²) in [6.45, 7) is 8.01. The van der Waals surface area contributed by atoms with Crippen LogP contribution in [0.1, 0.15) is 39.7 Å². The number of rotatable bonds is 4. The molecule has 1 atom stereocenters. The largest absolute Gasteiger partial charge is 0.481 e. The van der Waals surface area contributed by atoms with E-state index in [4.69, 9.17) is 5.11 Å². The molecule has 0 aliphatic carbocycles. The summed E-state index contributed by atoms with van der Waals surface area (Å²) in [7, 11) is 0. The Morgan fingerprint density at radius 1 is 1.20 bits per heavy atom. The van der Waals surface area contributed by atoms with Crippen molar-refractivity contribution in [2.75, 3.05) is 5.32 Å². The van der Waals surface area contributed by atoms with E-state index in [9.17, 15) is 9.59 Å². The summed E-state index contributed by atoms with van der Waals surface area (Å²) in [5, 5.41) is 13.9. The van der Waals surface area contributed by atoms with Gasteiger partial charge < -0.3 is 15.7 Å². The zero-order valence-corrected chi connectivity index (χ0v) is 12.4. The third kappa shape index (κ3) is 5.30. The predicted molar refractivity (Wildman–Crippen MR) is 79.0 cm³/mol. The maximum absolute atomic E-state index is 11.7. The van der Waals surface area contributed by atoms with E-state index in [0.29, 0.717) is 5.69 Å². The maximum atomic E-state index is 11.7. The van der Waals surface area contributed by atoms with Crippen molar-refractivity contribution in [2.24, 2.45) is 0 Å². The Balaban J connectivity index is 2.56. The van der Waals surface area contributed by atoms with Gasteiger partial charge in [0, 0.05) is 11.7 Å². The molecule has 0 aromatic heterocycles. The Morgan fingerprint density at radius 3 is 2.20 bits per heavy atom. The molecule has 0 spiro atoms. The van der Waals surface area contributed by atoms with E-state index in [1.54, 1.807) is 6.92 Å². The van der Waals surface area contributed by atoms with Crippen LogP contribution < -0.4 is 10.6 Å². The number of anilines is 1. The molecule has 0 fully saturated rings. The van der Waals surface area contributed by atoms with Crippen molar-refractivity contribution < 1.29 is 14.7 Å². The molecule has 1 rings (SSSR count). The van der Waals surface area contributed by atoms with E-state index in [-0.39, 0.29) is 11.8 Å². The number of carbonyl (C=O) groups excluding carboxylic acids is 1. The van der Waals surface area contributed by atoms with Gasteiger partial charge in [0.2, 0.25) is 0 Å². The summed E-state index contributed by atoms with van der Waals surface area (Å²) in [6, 6.07) is 6.79. The first-order valence-electron chi connectivity index (χ1n) is 6.58. The lowest BCUT2D eigenvalue weighted by Gasteiger charge is -2.19. The summed E-state index contributed by atoms with van der Waals surface area (Å²) in [6.07, 6.45) is -0.101. The fourth-order valence-electron chi connectivity index (χ4n) is 1.76. The van der Waals surface area contributed by atoms with Crippen LogP contribution in [0.3, 0.4) is 0 Å². The van der Waals surface area contributed by atoms with Crippen molar-refractivity contribution in [3.05, 3.63) is 29.8 Å². The van der Waals surface area contributed by atoms with Crippen molar-refractivity contribution in [1.82, 2.24) is 5.32 Å². The average molecular weight is 278 g/mol. The molecule has 3 N–H and O–H groups in total. The number of nitrogens with one attached hydrogen (secondary N) is 2. The molecule has 2 amide bonds. The Morgan fingerprint density at radius 2 is 1.75 bits per heavy atom. The molecule has 0 radical (unpaired) electrons. The third-order valence-electron chi connectivity index (χ3n) is 2.87. The van der Waals surface area contributed by atoms with Crippen molar-refractivity contribution >= 4 is 17.7 Å². The lowest BCUT2D eigenvalue weighted by Crippen LogP contribution is -2.37. The molecule has 0 saturated carbocycles. The second kappa shape index (κ2) is 6.41. The van der Waals surface area contributed by atoms with Crippen LogP contribution in [0.2, 0.25) is 0 Å². The minimum atomic E-state index is -0.938. The van der Waals surface area contributed by atoms with E-state index in [1.807, 2.05) is 24.3 Å². The van der Waals surface area contributed by atoms with Gasteiger partial charge in [0.1, 0.15) is 0 Å². The fraction of sp³-hybridized carbons (Fsp3) is 0.467. The molecule has 5 nitrogen and oxygen atoms in total. The first-order valence-corrected chi connectivity index (χ1v) is 6.58. The highest BCUT2D eigenvalue weighted by Crippen LogP contribution is 2.23. The number of carboxylic acids is 1. The molecule has 1 aromatic carbocycles. The van der Waals surface area contributed by atoms with Crippen LogP contribution in [0, 0.1) is 0 Å². The highest BCUT2D eigenvalue weighted by Gasteiger charge is 2.14. The van der Waals surface area contributed by atoms with E-state index in [2.05, 4.69) is 31.4 Å². The van der Waals surface area contributed by atoms with Gasteiger partial charge in [-0.25, -0.2) is 4.79 Å². The molecule has 110 valence electrons. The zero-order valence-electron chi connectivity index (χ0n) is 12.4. The molecular formula is C15H22N2O3. The van der Waals surface area contributed by atoms with E-state index in [1.165, 1.54) is 5.56 Å². The molecule has 5 heteroatoms.